The minimum absolute atomic E-state index is 0.624. The number of carboxylic acids is 1. The van der Waals surface area contributed by atoms with Crippen LogP contribution in [0.1, 0.15) is 54.5 Å². The first kappa shape index (κ1) is 15.7. The van der Waals surface area contributed by atoms with E-state index in [0.717, 1.165) is 12.8 Å². The lowest BCUT2D eigenvalue weighted by Crippen LogP contribution is -2.23. The van der Waals surface area contributed by atoms with E-state index in [0.29, 0.717) is 6.42 Å². The molecule has 0 atom stereocenters. The van der Waals surface area contributed by atoms with Gasteiger partial charge in [0.15, 0.2) is 0 Å². The van der Waals surface area contributed by atoms with Gasteiger partial charge in [0, 0.05) is 0 Å². The van der Waals surface area contributed by atoms with Crippen LogP contribution in [-0.4, -0.2) is 11.1 Å². The molecule has 0 aliphatic rings. The van der Waals surface area contributed by atoms with Crippen LogP contribution in [0.25, 0.3) is 0 Å². The fraction of sp³-hybridized carbons (Fsp3) is 0.588. The van der Waals surface area contributed by atoms with Crippen LogP contribution in [0.4, 0.5) is 0 Å². The lowest BCUT2D eigenvalue weighted by molar-refractivity contribution is -0.147. The summed E-state index contributed by atoms with van der Waals surface area (Å²) in [4.78, 5) is 11.1. The van der Waals surface area contributed by atoms with Crippen LogP contribution in [-0.2, 0) is 11.2 Å². The molecule has 0 heterocycles. The van der Waals surface area contributed by atoms with Crippen molar-refractivity contribution in [1.82, 2.24) is 0 Å². The maximum Gasteiger partial charge on any atom is 0.309 e. The van der Waals surface area contributed by atoms with Crippen molar-refractivity contribution < 1.29 is 9.90 Å². The van der Waals surface area contributed by atoms with Gasteiger partial charge in [-0.2, -0.15) is 0 Å². The van der Waals surface area contributed by atoms with E-state index in [2.05, 4.69) is 33.8 Å². The Morgan fingerprint density at radius 2 is 1.58 bits per heavy atom. The molecule has 0 unspecified atom stereocenters. The van der Waals surface area contributed by atoms with Gasteiger partial charge in [-0.15, -0.1) is 0 Å². The van der Waals surface area contributed by atoms with Crippen LogP contribution < -0.4 is 0 Å². The Kier molecular flexibility index (Phi) is 4.78. The van der Waals surface area contributed by atoms with Crippen molar-refractivity contribution in [3.63, 3.8) is 0 Å². The summed E-state index contributed by atoms with van der Waals surface area (Å²) in [6.45, 7) is 12.2. The fourth-order valence-electron chi connectivity index (χ4n) is 2.49. The van der Waals surface area contributed by atoms with Crippen LogP contribution in [0.15, 0.2) is 6.07 Å². The van der Waals surface area contributed by atoms with Crippen molar-refractivity contribution in [2.24, 2.45) is 5.41 Å². The van der Waals surface area contributed by atoms with Crippen molar-refractivity contribution >= 4 is 5.97 Å². The third-order valence-corrected chi connectivity index (χ3v) is 4.33. The molecule has 0 fully saturated rings. The second-order valence-electron chi connectivity index (χ2n) is 6.28. The van der Waals surface area contributed by atoms with E-state index in [-0.39, 0.29) is 0 Å². The SMILES string of the molecule is Cc1cc(C)c(C)c(CCCC(C)(C)C(=O)O)c1C. The molecule has 0 spiro atoms. The predicted octanol–water partition coefficient (Wildman–Crippen LogP) is 4.35. The first-order valence-corrected chi connectivity index (χ1v) is 6.96. The normalized spacial score (nSPS) is 11.7. The van der Waals surface area contributed by atoms with Gasteiger partial charge in [-0.3, -0.25) is 4.79 Å². The van der Waals surface area contributed by atoms with Gasteiger partial charge < -0.3 is 5.11 Å². The topological polar surface area (TPSA) is 37.3 Å². The Bertz CT molecular complexity index is 458. The second-order valence-corrected chi connectivity index (χ2v) is 6.28. The molecule has 0 radical (unpaired) electrons. The molecule has 0 amide bonds. The summed E-state index contributed by atoms with van der Waals surface area (Å²) < 4.78 is 0. The molecule has 2 nitrogen and oxygen atoms in total. The molecular weight excluding hydrogens is 236 g/mol. The minimum atomic E-state index is -0.707. The number of aryl methyl sites for hydroxylation is 2. The highest BCUT2D eigenvalue weighted by molar-refractivity contribution is 5.73. The van der Waals surface area contributed by atoms with Crippen LogP contribution in [0, 0.1) is 33.1 Å². The Balaban J connectivity index is 2.82. The molecular formula is C17H26O2. The summed E-state index contributed by atoms with van der Waals surface area (Å²) in [5.41, 5.74) is 6.15. The van der Waals surface area contributed by atoms with Crippen molar-refractivity contribution in [3.05, 3.63) is 33.9 Å². The number of rotatable bonds is 5. The van der Waals surface area contributed by atoms with Gasteiger partial charge in [-0.1, -0.05) is 6.07 Å². The van der Waals surface area contributed by atoms with E-state index >= 15 is 0 Å². The summed E-state index contributed by atoms with van der Waals surface area (Å²) in [5, 5.41) is 9.14. The van der Waals surface area contributed by atoms with Crippen LogP contribution >= 0.6 is 0 Å². The predicted molar refractivity (Wildman–Crippen MR) is 79.7 cm³/mol. The molecule has 19 heavy (non-hydrogen) atoms. The molecule has 1 aromatic carbocycles. The standard InChI is InChI=1S/C17H26O2/c1-11-10-12(2)14(4)15(13(11)3)8-7-9-17(5,6)16(18)19/h10H,7-9H2,1-6H3,(H,18,19). The smallest absolute Gasteiger partial charge is 0.309 e. The number of aliphatic carboxylic acids is 1. The Morgan fingerprint density at radius 3 is 2.00 bits per heavy atom. The monoisotopic (exact) mass is 262 g/mol. The minimum Gasteiger partial charge on any atom is -0.481 e. The largest absolute Gasteiger partial charge is 0.481 e. The van der Waals surface area contributed by atoms with E-state index in [1.54, 1.807) is 13.8 Å². The average Bonchev–Trinajstić information content (AvgIpc) is 2.31. The summed E-state index contributed by atoms with van der Waals surface area (Å²) in [6.07, 6.45) is 2.61. The second kappa shape index (κ2) is 5.77. The van der Waals surface area contributed by atoms with E-state index in [1.807, 2.05) is 0 Å². The highest BCUT2D eigenvalue weighted by atomic mass is 16.4. The summed E-state index contributed by atoms with van der Waals surface area (Å²) in [5.74, 6) is -0.707. The molecule has 0 aliphatic carbocycles. The third-order valence-electron chi connectivity index (χ3n) is 4.33. The maximum absolute atomic E-state index is 11.1. The Morgan fingerprint density at radius 1 is 1.11 bits per heavy atom. The molecule has 1 rings (SSSR count). The lowest BCUT2D eigenvalue weighted by atomic mass is 9.85. The number of hydrogen-bond donors (Lipinski definition) is 1. The molecule has 0 saturated carbocycles. The van der Waals surface area contributed by atoms with Crippen molar-refractivity contribution in [3.8, 4) is 0 Å². The molecule has 0 aromatic heterocycles. The van der Waals surface area contributed by atoms with E-state index in [1.165, 1.54) is 27.8 Å². The van der Waals surface area contributed by atoms with Crippen molar-refractivity contribution in [1.29, 1.82) is 0 Å². The molecule has 0 saturated heterocycles. The van der Waals surface area contributed by atoms with Crippen molar-refractivity contribution in [2.75, 3.05) is 0 Å². The molecule has 0 aliphatic heterocycles. The summed E-state index contributed by atoms with van der Waals surface area (Å²) >= 11 is 0. The molecule has 106 valence electrons. The van der Waals surface area contributed by atoms with Gasteiger partial charge in [-0.05, 0) is 88.6 Å². The van der Waals surface area contributed by atoms with Crippen LogP contribution in [0.2, 0.25) is 0 Å². The van der Waals surface area contributed by atoms with E-state index in [4.69, 9.17) is 5.11 Å². The van der Waals surface area contributed by atoms with Gasteiger partial charge in [-0.25, -0.2) is 0 Å². The van der Waals surface area contributed by atoms with Gasteiger partial charge in [0.2, 0.25) is 0 Å². The molecule has 1 aromatic rings. The number of carbonyl (C=O) groups is 1. The Hall–Kier alpha value is -1.31. The highest BCUT2D eigenvalue weighted by Gasteiger charge is 2.26. The molecule has 2 heteroatoms. The van der Waals surface area contributed by atoms with Gasteiger partial charge >= 0.3 is 5.97 Å². The lowest BCUT2D eigenvalue weighted by Gasteiger charge is -2.20. The average molecular weight is 262 g/mol. The zero-order valence-electron chi connectivity index (χ0n) is 13.1. The summed E-state index contributed by atoms with van der Waals surface area (Å²) in [7, 11) is 0. The van der Waals surface area contributed by atoms with Gasteiger partial charge in [0.1, 0.15) is 0 Å². The first-order chi connectivity index (χ1) is 8.66. The fourth-order valence-corrected chi connectivity index (χ4v) is 2.49. The maximum atomic E-state index is 11.1. The van der Waals surface area contributed by atoms with Crippen LogP contribution in [0.5, 0.6) is 0 Å². The zero-order valence-corrected chi connectivity index (χ0v) is 13.1. The molecule has 1 N–H and O–H groups in total. The third kappa shape index (κ3) is 3.59. The molecule has 0 bridgehead atoms. The Labute approximate surface area is 116 Å². The zero-order chi connectivity index (χ0) is 14.8. The number of benzene rings is 1. The quantitative estimate of drug-likeness (QED) is 0.856. The first-order valence-electron chi connectivity index (χ1n) is 6.96. The van der Waals surface area contributed by atoms with Gasteiger partial charge in [0.05, 0.1) is 5.41 Å². The number of carboxylic acid groups (broad SMARTS) is 1. The van der Waals surface area contributed by atoms with Gasteiger partial charge in [0.25, 0.3) is 0 Å². The van der Waals surface area contributed by atoms with E-state index < -0.39 is 11.4 Å². The number of hydrogen-bond acceptors (Lipinski definition) is 1. The van der Waals surface area contributed by atoms with Crippen LogP contribution in [0.3, 0.4) is 0 Å². The van der Waals surface area contributed by atoms with E-state index in [9.17, 15) is 4.79 Å². The highest BCUT2D eigenvalue weighted by Crippen LogP contribution is 2.27. The van der Waals surface area contributed by atoms with Crippen molar-refractivity contribution in [2.45, 2.75) is 60.8 Å². The summed E-state index contributed by atoms with van der Waals surface area (Å²) in [6, 6.07) is 2.23.